The van der Waals surface area contributed by atoms with E-state index in [2.05, 4.69) is 26.0 Å². The maximum Gasteiger partial charge on any atom is 0.459 e. The number of para-hydroxylation sites is 1. The number of halogens is 3. The van der Waals surface area contributed by atoms with Crippen molar-refractivity contribution >= 4 is 30.7 Å². The van der Waals surface area contributed by atoms with Gasteiger partial charge in [0.05, 0.1) is 6.33 Å². The Kier molecular flexibility index (Phi) is 8.60. The molecule has 1 saturated heterocycles. The van der Waals surface area contributed by atoms with Crippen molar-refractivity contribution < 1.29 is 46.5 Å². The van der Waals surface area contributed by atoms with E-state index in [4.69, 9.17) is 25.9 Å². The third kappa shape index (κ3) is 6.52. The monoisotopic (exact) mass is 632 g/mol. The predicted octanol–water partition coefficient (Wildman–Crippen LogP) is 2.97. The number of ether oxygens (including phenoxy) is 1. The number of hydrogen-bond acceptors (Lipinski definition) is 10. The summed E-state index contributed by atoms with van der Waals surface area (Å²) in [4.78, 5) is 23.3. The lowest BCUT2D eigenvalue weighted by Gasteiger charge is -2.30. The van der Waals surface area contributed by atoms with E-state index in [1.807, 2.05) is 0 Å². The molecule has 3 heterocycles. The van der Waals surface area contributed by atoms with E-state index in [0.717, 1.165) is 12.1 Å². The number of carbonyl (C=O) groups is 1. The quantitative estimate of drug-likeness (QED) is 0.108. The molecule has 2 unspecified atom stereocenters. The summed E-state index contributed by atoms with van der Waals surface area (Å²) in [5.74, 6) is -1.35. The molecule has 5 atom stereocenters. The molecule has 0 bridgehead atoms. The number of carboxylic acid groups (broad SMARTS) is 1. The van der Waals surface area contributed by atoms with Crippen LogP contribution in [0.5, 0.6) is 5.75 Å². The number of nitrogen functional groups attached to an aromatic ring is 1. The molecule has 0 radical (unpaired) electrons. The number of aromatic nitrogens is 4. The van der Waals surface area contributed by atoms with Crippen molar-refractivity contribution in [1.29, 1.82) is 0 Å². The highest BCUT2D eigenvalue weighted by molar-refractivity contribution is 7.52. The molecule has 1 aliphatic heterocycles. The van der Waals surface area contributed by atoms with Crippen molar-refractivity contribution in [3.8, 4) is 18.1 Å². The zero-order valence-electron chi connectivity index (χ0n) is 22.5. The maximum atomic E-state index is 14.0. The lowest BCUT2D eigenvalue weighted by Crippen LogP contribution is -2.44. The van der Waals surface area contributed by atoms with Gasteiger partial charge >= 0.3 is 19.8 Å². The lowest BCUT2D eigenvalue weighted by atomic mass is 9.99. The van der Waals surface area contributed by atoms with E-state index in [0.29, 0.717) is 6.07 Å². The van der Waals surface area contributed by atoms with Gasteiger partial charge < -0.3 is 25.2 Å². The first kappa shape index (κ1) is 30.9. The van der Waals surface area contributed by atoms with Gasteiger partial charge in [-0.1, -0.05) is 24.1 Å². The van der Waals surface area contributed by atoms with Crippen molar-refractivity contribution in [2.75, 3.05) is 12.3 Å². The zero-order chi connectivity index (χ0) is 31.6. The minimum atomic E-state index is -4.69. The topological polar surface area (TPSA) is 184 Å². The van der Waals surface area contributed by atoms with Crippen molar-refractivity contribution in [2.45, 2.75) is 36.8 Å². The first-order valence-corrected chi connectivity index (χ1v) is 14.4. The molecule has 44 heavy (non-hydrogen) atoms. The Bertz CT molecular complexity index is 1770. The smallest absolute Gasteiger partial charge is 0.459 e. The zero-order valence-corrected chi connectivity index (χ0v) is 23.4. The van der Waals surface area contributed by atoms with E-state index in [-0.39, 0.29) is 34.7 Å². The first-order valence-electron chi connectivity index (χ1n) is 12.8. The number of anilines is 1. The number of aliphatic hydroxyl groups is 1. The predicted molar refractivity (Wildman–Crippen MR) is 147 cm³/mol. The van der Waals surface area contributed by atoms with Crippen LogP contribution in [-0.2, 0) is 25.0 Å². The van der Waals surface area contributed by atoms with Crippen LogP contribution < -0.4 is 15.3 Å². The SMILES string of the molecule is C#C[C@]1(COP(=O)(NC(Cc2cc(F)cc(F)c2)C(=O)O)Oc2ccccc2)O[C@@H](n2cnc3c(N)nc(F)nc32)C[C@@H]1O. The van der Waals surface area contributed by atoms with Gasteiger partial charge in [0, 0.05) is 12.5 Å². The van der Waals surface area contributed by atoms with Gasteiger partial charge in [-0.3, -0.25) is 13.9 Å². The summed E-state index contributed by atoms with van der Waals surface area (Å²) in [5, 5.41) is 23.1. The Balaban J connectivity index is 1.41. The highest BCUT2D eigenvalue weighted by atomic mass is 31.2. The van der Waals surface area contributed by atoms with E-state index in [1.54, 1.807) is 18.2 Å². The number of imidazole rings is 1. The number of aliphatic carboxylic acids is 1. The molecule has 5 N–H and O–H groups in total. The van der Waals surface area contributed by atoms with Gasteiger partial charge in [-0.25, -0.2) is 18.3 Å². The molecule has 17 heteroatoms. The first-order chi connectivity index (χ1) is 20.9. The Morgan fingerprint density at radius 3 is 2.61 bits per heavy atom. The average Bonchev–Trinajstić information content (AvgIpc) is 3.52. The van der Waals surface area contributed by atoms with Gasteiger partial charge in [-0.2, -0.15) is 19.4 Å². The molecule has 0 spiro atoms. The number of hydrogen-bond donors (Lipinski definition) is 4. The summed E-state index contributed by atoms with van der Waals surface area (Å²) in [6.45, 7) is -0.794. The van der Waals surface area contributed by atoms with Crippen LogP contribution in [0.25, 0.3) is 11.2 Å². The number of nitrogens with two attached hydrogens (primary N) is 1. The third-order valence-electron chi connectivity index (χ3n) is 6.68. The summed E-state index contributed by atoms with van der Waals surface area (Å²) >= 11 is 0. The standard InChI is InChI=1S/C27H24F3N6O7P/c1-2-27(20(37)12-21(42-27)36-14-32-22-23(31)33-26(30)34-24(22)36)13-41-44(40,43-18-6-4-3-5-7-18)35-19(25(38)39)10-15-8-16(28)11-17(29)9-15/h1,3-9,11,14,19-21,37H,10,12-13H2,(H,35,40)(H,38,39)(H2,31,33,34)/t19?,20-,21+,27+,44?/m0/s1. The molecule has 2 aromatic heterocycles. The second kappa shape index (κ2) is 12.2. The molecule has 2 aromatic carbocycles. The number of aliphatic hydroxyl groups excluding tert-OH is 1. The summed E-state index contributed by atoms with van der Waals surface area (Å²) < 4.78 is 73.8. The lowest BCUT2D eigenvalue weighted by molar-refractivity contribution is -0.139. The summed E-state index contributed by atoms with van der Waals surface area (Å²) in [6.07, 6.45) is 2.63. The van der Waals surface area contributed by atoms with Crippen molar-refractivity contribution in [2.24, 2.45) is 0 Å². The summed E-state index contributed by atoms with van der Waals surface area (Å²) in [5.41, 5.74) is 3.72. The van der Waals surface area contributed by atoms with Crippen LogP contribution in [0.1, 0.15) is 18.2 Å². The van der Waals surface area contributed by atoms with Crippen LogP contribution in [0.4, 0.5) is 19.0 Å². The van der Waals surface area contributed by atoms with Crippen molar-refractivity contribution in [3.05, 3.63) is 78.1 Å². The van der Waals surface area contributed by atoms with Gasteiger partial charge in [-0.05, 0) is 36.2 Å². The number of carboxylic acids is 1. The molecule has 0 amide bonds. The highest BCUT2D eigenvalue weighted by Gasteiger charge is 2.50. The number of benzene rings is 2. The Morgan fingerprint density at radius 2 is 1.95 bits per heavy atom. The van der Waals surface area contributed by atoms with Crippen molar-refractivity contribution in [1.82, 2.24) is 24.6 Å². The third-order valence-corrected chi connectivity index (χ3v) is 8.23. The van der Waals surface area contributed by atoms with E-state index in [1.165, 1.54) is 23.0 Å². The van der Waals surface area contributed by atoms with Crippen LogP contribution >= 0.6 is 7.75 Å². The molecular formula is C27H24F3N6O7P. The van der Waals surface area contributed by atoms with E-state index < -0.39 is 68.4 Å². The Labute approximate surface area is 247 Å². The second-order valence-corrected chi connectivity index (χ2v) is 11.4. The average molecular weight is 632 g/mol. The van der Waals surface area contributed by atoms with Crippen LogP contribution in [0.2, 0.25) is 0 Å². The highest BCUT2D eigenvalue weighted by Crippen LogP contribution is 2.48. The number of terminal acetylenes is 1. The van der Waals surface area contributed by atoms with Gasteiger partial charge in [-0.15, -0.1) is 6.42 Å². The molecule has 0 saturated carbocycles. The number of nitrogens with zero attached hydrogens (tertiary/aromatic N) is 4. The van der Waals surface area contributed by atoms with Crippen LogP contribution in [0, 0.1) is 30.1 Å². The van der Waals surface area contributed by atoms with Crippen LogP contribution in [0.3, 0.4) is 0 Å². The van der Waals surface area contributed by atoms with Crippen molar-refractivity contribution in [3.63, 3.8) is 0 Å². The summed E-state index contributed by atoms with van der Waals surface area (Å²) in [6, 6.07) is 8.31. The molecule has 230 valence electrons. The normalized spacial score (nSPS) is 21.9. The molecule has 5 rings (SSSR count). The number of nitrogens with one attached hydrogen (secondary N) is 1. The fraction of sp³-hybridized carbons (Fsp3) is 0.259. The molecule has 4 aromatic rings. The Morgan fingerprint density at radius 1 is 1.25 bits per heavy atom. The molecule has 1 fully saturated rings. The summed E-state index contributed by atoms with van der Waals surface area (Å²) in [7, 11) is -4.69. The molecule has 13 nitrogen and oxygen atoms in total. The molecular weight excluding hydrogens is 608 g/mol. The maximum absolute atomic E-state index is 14.0. The Hall–Kier alpha value is -4.52. The minimum Gasteiger partial charge on any atom is -0.480 e. The van der Waals surface area contributed by atoms with E-state index in [9.17, 15) is 32.7 Å². The van der Waals surface area contributed by atoms with Crippen LogP contribution in [0.15, 0.2) is 54.9 Å². The second-order valence-electron chi connectivity index (χ2n) is 9.74. The van der Waals surface area contributed by atoms with E-state index >= 15 is 0 Å². The van der Waals surface area contributed by atoms with Gasteiger partial charge in [0.1, 0.15) is 42.4 Å². The number of rotatable bonds is 11. The molecule has 0 aliphatic carbocycles. The number of fused-ring (bicyclic) bond motifs is 1. The van der Waals surface area contributed by atoms with Gasteiger partial charge in [0.25, 0.3) is 0 Å². The molecule has 1 aliphatic rings. The fourth-order valence-electron chi connectivity index (χ4n) is 4.58. The minimum absolute atomic E-state index is 0.00831. The van der Waals surface area contributed by atoms with Gasteiger partial charge in [0.2, 0.25) is 0 Å². The fourth-order valence-corrected chi connectivity index (χ4v) is 6.10. The van der Waals surface area contributed by atoms with Gasteiger partial charge in [0.15, 0.2) is 22.6 Å². The van der Waals surface area contributed by atoms with Crippen LogP contribution in [-0.4, -0.2) is 60.1 Å². The largest absolute Gasteiger partial charge is 0.480 e.